The number of aliphatic carboxylic acids is 1. The Morgan fingerprint density at radius 2 is 1.96 bits per heavy atom. The Bertz CT molecular complexity index is 660. The molecule has 2 aliphatic heterocycles. The van der Waals surface area contributed by atoms with E-state index in [1.807, 2.05) is 11.9 Å². The number of carbonyl (C=O) groups is 2. The van der Waals surface area contributed by atoms with E-state index < -0.39 is 24.3 Å². The Hall–Kier alpha value is -1.96. The number of aliphatic hydroxyl groups excluding tert-OH is 2. The maximum Gasteiger partial charge on any atom is 0.314 e. The highest BCUT2D eigenvalue weighted by Crippen LogP contribution is 2.48. The van der Waals surface area contributed by atoms with Crippen LogP contribution in [-0.4, -0.2) is 64.0 Å². The number of nitrogens with zero attached hydrogens (tertiary/aromatic N) is 1. The summed E-state index contributed by atoms with van der Waals surface area (Å²) in [6.07, 6.45) is 0.594. The summed E-state index contributed by atoms with van der Waals surface area (Å²) in [7, 11) is 1.87. The highest BCUT2D eigenvalue weighted by Gasteiger charge is 2.60. The van der Waals surface area contributed by atoms with E-state index in [2.05, 4.69) is 0 Å². The lowest BCUT2D eigenvalue weighted by molar-refractivity contribution is -0.169. The molecule has 4 atom stereocenters. The van der Waals surface area contributed by atoms with Crippen LogP contribution in [0.1, 0.15) is 36.0 Å². The normalized spacial score (nSPS) is 31.7. The van der Waals surface area contributed by atoms with Gasteiger partial charge in [0.15, 0.2) is 12.6 Å². The maximum atomic E-state index is 12.7. The Morgan fingerprint density at radius 1 is 1.28 bits per heavy atom. The molecule has 0 unspecified atom stereocenters. The number of aliphatic hydroxyl groups is 2. The highest BCUT2D eigenvalue weighted by molar-refractivity contribution is 5.99. The molecule has 3 N–H and O–H groups in total. The fraction of sp³-hybridized carbons (Fsp3) is 0.556. The molecule has 2 fully saturated rings. The third kappa shape index (κ3) is 2.92. The third-order valence-electron chi connectivity index (χ3n) is 5.78. The van der Waals surface area contributed by atoms with Gasteiger partial charge in [0.1, 0.15) is 11.2 Å². The molecule has 2 heterocycles. The summed E-state index contributed by atoms with van der Waals surface area (Å²) >= 11 is 0. The molecular weight excluding hydrogens is 326 g/mol. The minimum absolute atomic E-state index is 0.178. The lowest BCUT2D eigenvalue weighted by Crippen LogP contribution is -2.61. The van der Waals surface area contributed by atoms with Crippen molar-refractivity contribution >= 4 is 11.8 Å². The predicted molar refractivity (Wildman–Crippen MR) is 88.4 cm³/mol. The third-order valence-corrected chi connectivity index (χ3v) is 5.78. The van der Waals surface area contributed by atoms with E-state index in [-0.39, 0.29) is 24.3 Å². The molecule has 0 radical (unpaired) electrons. The molecule has 7 heteroatoms. The number of carbonyl (C=O) groups excluding carboxylic acids is 1. The largest absolute Gasteiger partial charge is 0.481 e. The van der Waals surface area contributed by atoms with Crippen molar-refractivity contribution in [1.82, 2.24) is 4.90 Å². The van der Waals surface area contributed by atoms with Gasteiger partial charge in [-0.2, -0.15) is 0 Å². The Kier molecular flexibility index (Phi) is 4.81. The van der Waals surface area contributed by atoms with Crippen molar-refractivity contribution in [3.8, 4) is 5.75 Å². The Morgan fingerprint density at radius 3 is 2.56 bits per heavy atom. The van der Waals surface area contributed by atoms with Crippen LogP contribution in [0.2, 0.25) is 0 Å². The van der Waals surface area contributed by atoms with E-state index in [1.165, 1.54) is 0 Å². The summed E-state index contributed by atoms with van der Waals surface area (Å²) in [4.78, 5) is 26.9. The van der Waals surface area contributed by atoms with Gasteiger partial charge in [-0.3, -0.25) is 14.5 Å². The quantitative estimate of drug-likeness (QED) is 0.517. The molecule has 2 saturated heterocycles. The fourth-order valence-corrected chi connectivity index (χ4v) is 4.38. The minimum Gasteiger partial charge on any atom is -0.481 e. The van der Waals surface area contributed by atoms with Gasteiger partial charge in [0.05, 0.1) is 6.10 Å². The van der Waals surface area contributed by atoms with Gasteiger partial charge in [-0.1, -0.05) is 0 Å². The molecule has 25 heavy (non-hydrogen) atoms. The summed E-state index contributed by atoms with van der Waals surface area (Å²) in [5, 5.41) is 29.2. The van der Waals surface area contributed by atoms with E-state index in [4.69, 9.17) is 9.84 Å². The number of rotatable bonds is 6. The zero-order valence-corrected chi connectivity index (χ0v) is 14.1. The Balaban J connectivity index is 1.86. The summed E-state index contributed by atoms with van der Waals surface area (Å²) < 4.78 is 4.92. The molecule has 2 bridgehead atoms. The zero-order chi connectivity index (χ0) is 18.2. The predicted octanol–water partition coefficient (Wildman–Crippen LogP) is 0.886. The lowest BCUT2D eigenvalue weighted by atomic mass is 9.68. The van der Waals surface area contributed by atoms with Gasteiger partial charge in [0.25, 0.3) is 0 Å². The topological polar surface area (TPSA) is 107 Å². The molecule has 0 aliphatic carbocycles. The molecule has 0 spiro atoms. The second kappa shape index (κ2) is 6.74. The SMILES string of the molecule is CN1[C@H]2CC[C@@H]1[C@@](CC(=O)c1ccc(OCO)cc1)(C(=O)O)[C@@H](O)C2. The number of carboxylic acids is 1. The van der Waals surface area contributed by atoms with Crippen molar-refractivity contribution in [3.05, 3.63) is 29.8 Å². The molecule has 1 aromatic rings. The number of fused-ring (bicyclic) bond motifs is 2. The summed E-state index contributed by atoms with van der Waals surface area (Å²) in [6.45, 7) is -0.462. The Labute approximate surface area is 145 Å². The van der Waals surface area contributed by atoms with Gasteiger partial charge in [0, 0.05) is 24.1 Å². The van der Waals surface area contributed by atoms with Crippen LogP contribution < -0.4 is 4.74 Å². The molecule has 3 rings (SSSR count). The molecule has 1 aromatic carbocycles. The van der Waals surface area contributed by atoms with Crippen molar-refractivity contribution in [2.24, 2.45) is 5.41 Å². The summed E-state index contributed by atoms with van der Waals surface area (Å²) in [6, 6.07) is 6.01. The van der Waals surface area contributed by atoms with E-state index in [9.17, 15) is 19.8 Å². The van der Waals surface area contributed by atoms with E-state index in [0.29, 0.717) is 24.2 Å². The van der Waals surface area contributed by atoms with Crippen molar-refractivity contribution in [2.75, 3.05) is 13.8 Å². The first kappa shape index (κ1) is 17.8. The van der Waals surface area contributed by atoms with E-state index in [1.54, 1.807) is 24.3 Å². The summed E-state index contributed by atoms with van der Waals surface area (Å²) in [5.41, 5.74) is -1.13. The van der Waals surface area contributed by atoms with Crippen molar-refractivity contribution < 1.29 is 29.6 Å². The number of Topliss-reactive ketones (excluding diaryl/α,β-unsaturated/α-hetero) is 1. The lowest BCUT2D eigenvalue weighted by Gasteiger charge is -2.47. The maximum absolute atomic E-state index is 12.7. The first-order chi connectivity index (χ1) is 11.9. The van der Waals surface area contributed by atoms with Crippen molar-refractivity contribution in [1.29, 1.82) is 0 Å². The van der Waals surface area contributed by atoms with Gasteiger partial charge in [-0.05, 0) is 50.6 Å². The number of hydrogen-bond donors (Lipinski definition) is 3. The van der Waals surface area contributed by atoms with Crippen molar-refractivity contribution in [2.45, 2.75) is 43.9 Å². The van der Waals surface area contributed by atoms with Crippen LogP contribution in [0.3, 0.4) is 0 Å². The van der Waals surface area contributed by atoms with Crippen LogP contribution in [0, 0.1) is 5.41 Å². The van der Waals surface area contributed by atoms with Gasteiger partial charge >= 0.3 is 5.97 Å². The molecule has 136 valence electrons. The molecule has 7 nitrogen and oxygen atoms in total. The van der Waals surface area contributed by atoms with E-state index >= 15 is 0 Å². The number of ketones is 1. The van der Waals surface area contributed by atoms with Crippen LogP contribution in [0.5, 0.6) is 5.75 Å². The molecule has 0 aromatic heterocycles. The van der Waals surface area contributed by atoms with Crippen LogP contribution in [-0.2, 0) is 4.79 Å². The van der Waals surface area contributed by atoms with Gasteiger partial charge in [-0.25, -0.2) is 0 Å². The number of hydrogen-bond acceptors (Lipinski definition) is 6. The highest BCUT2D eigenvalue weighted by atomic mass is 16.6. The van der Waals surface area contributed by atoms with Crippen molar-refractivity contribution in [3.63, 3.8) is 0 Å². The standard InChI is InChI=1S/C18H23NO6/c1-19-12-4-7-15(19)18(17(23)24,16(22)8-12)9-14(21)11-2-5-13(6-3-11)25-10-20/h2-3,5-6,12,15-16,20,22H,4,7-10H2,1H3,(H,23,24)/t12-,15+,16-,18+/m0/s1. The van der Waals surface area contributed by atoms with Crippen LogP contribution >= 0.6 is 0 Å². The van der Waals surface area contributed by atoms with Crippen LogP contribution in [0.15, 0.2) is 24.3 Å². The first-order valence-electron chi connectivity index (χ1n) is 8.40. The monoisotopic (exact) mass is 349 g/mol. The minimum atomic E-state index is -1.49. The first-order valence-corrected chi connectivity index (χ1v) is 8.40. The second-order valence-corrected chi connectivity index (χ2v) is 6.91. The zero-order valence-electron chi connectivity index (χ0n) is 14.1. The number of piperidine rings is 1. The number of carboxylic acid groups (broad SMARTS) is 1. The smallest absolute Gasteiger partial charge is 0.314 e. The van der Waals surface area contributed by atoms with Gasteiger partial charge < -0.3 is 20.1 Å². The van der Waals surface area contributed by atoms with Gasteiger partial charge in [-0.15, -0.1) is 0 Å². The second-order valence-electron chi connectivity index (χ2n) is 6.91. The van der Waals surface area contributed by atoms with Crippen LogP contribution in [0.25, 0.3) is 0 Å². The fourth-order valence-electron chi connectivity index (χ4n) is 4.38. The average Bonchev–Trinajstić information content (AvgIpc) is 2.85. The van der Waals surface area contributed by atoms with Crippen LogP contribution in [0.4, 0.5) is 0 Å². The molecular formula is C18H23NO6. The summed E-state index contributed by atoms with van der Waals surface area (Å²) in [5.74, 6) is -1.02. The molecule has 0 saturated carbocycles. The average molecular weight is 349 g/mol. The van der Waals surface area contributed by atoms with E-state index in [0.717, 1.165) is 6.42 Å². The number of benzene rings is 1. The molecule has 2 aliphatic rings. The molecule has 0 amide bonds. The van der Waals surface area contributed by atoms with Gasteiger partial charge in [0.2, 0.25) is 0 Å². The number of ether oxygens (including phenoxy) is 1.